The van der Waals surface area contributed by atoms with E-state index in [1.807, 2.05) is 0 Å². The van der Waals surface area contributed by atoms with Crippen LogP contribution in [0.2, 0.25) is 0 Å². The molecular formula is C10H12N2O8P2. The Labute approximate surface area is 123 Å². The molecule has 1 heterocycles. The van der Waals surface area contributed by atoms with Crippen molar-refractivity contribution in [3.63, 3.8) is 0 Å². The van der Waals surface area contributed by atoms with Gasteiger partial charge in [-0.1, -0.05) is 0 Å². The van der Waals surface area contributed by atoms with Gasteiger partial charge < -0.3 is 24.1 Å². The molecule has 1 aromatic rings. The van der Waals surface area contributed by atoms with Crippen LogP contribution in [-0.4, -0.2) is 24.5 Å². The average Bonchev–Trinajstić information content (AvgIpc) is 2.77. The molecule has 2 unspecified atom stereocenters. The van der Waals surface area contributed by atoms with E-state index in [0.717, 1.165) is 6.07 Å². The molecule has 0 saturated carbocycles. The third-order valence-corrected chi connectivity index (χ3v) is 7.33. The third-order valence-electron chi connectivity index (χ3n) is 3.44. The van der Waals surface area contributed by atoms with Crippen molar-refractivity contribution in [1.29, 1.82) is 0 Å². The lowest BCUT2D eigenvalue weighted by atomic mass is 10.3. The first kappa shape index (κ1) is 17.0. The quantitative estimate of drug-likeness (QED) is 0.240. The summed E-state index contributed by atoms with van der Waals surface area (Å²) in [4.78, 5) is 47.0. The van der Waals surface area contributed by atoms with E-state index in [-0.39, 0.29) is 17.1 Å². The molecule has 3 N–H and O–H groups in total. The number of nitrogens with zero attached hydrogens (tertiary/aromatic N) is 2. The number of aromatic nitrogens is 1. The molecule has 0 radical (unpaired) electrons. The van der Waals surface area contributed by atoms with Gasteiger partial charge in [0.25, 0.3) is 5.69 Å². The minimum absolute atomic E-state index is 0.0508. The highest BCUT2D eigenvalue weighted by Crippen LogP contribution is 2.69. The Balaban J connectivity index is 3.02. The molecule has 0 aliphatic heterocycles. The molecule has 0 saturated heterocycles. The summed E-state index contributed by atoms with van der Waals surface area (Å²) in [7, 11) is -11.0. The summed E-state index contributed by atoms with van der Waals surface area (Å²) in [6.45, 7) is 1.93. The highest BCUT2D eigenvalue weighted by Gasteiger charge is 2.55. The minimum Gasteiger partial charge on any atom is -0.777 e. The molecule has 120 valence electrons. The van der Waals surface area contributed by atoms with Gasteiger partial charge in [-0.2, -0.15) is 4.57 Å². The topological polar surface area (TPSA) is 165 Å². The van der Waals surface area contributed by atoms with Crippen LogP contribution in [-0.2, 0) is 15.7 Å². The van der Waals surface area contributed by atoms with Gasteiger partial charge in [0, 0.05) is 6.08 Å². The Morgan fingerprint density at radius 3 is 2.32 bits per heavy atom. The van der Waals surface area contributed by atoms with Crippen LogP contribution < -0.4 is 20.0 Å². The van der Waals surface area contributed by atoms with Gasteiger partial charge in [-0.05, 0) is 13.0 Å². The van der Waals surface area contributed by atoms with Crippen molar-refractivity contribution in [3.8, 4) is 0 Å². The lowest BCUT2D eigenvalue weighted by Crippen LogP contribution is -2.55. The van der Waals surface area contributed by atoms with E-state index < -0.39 is 30.7 Å². The van der Waals surface area contributed by atoms with Gasteiger partial charge in [-0.15, -0.1) is 0 Å². The maximum Gasteiger partial charge on any atom is 0.348 e. The van der Waals surface area contributed by atoms with E-state index in [2.05, 4.69) is 0 Å². The molecule has 0 bridgehead atoms. The second-order valence-corrected chi connectivity index (χ2v) is 8.64. The minimum atomic E-state index is -5.59. The van der Waals surface area contributed by atoms with E-state index in [1.165, 1.54) is 10.8 Å². The average molecular weight is 350 g/mol. The Morgan fingerprint density at radius 2 is 1.91 bits per heavy atom. The van der Waals surface area contributed by atoms with Crippen LogP contribution >= 0.6 is 15.2 Å². The van der Waals surface area contributed by atoms with Gasteiger partial charge in [-0.3, -0.25) is 14.7 Å². The number of hydrogen-bond donors (Lipinski definition) is 3. The molecular weight excluding hydrogens is 338 g/mol. The summed E-state index contributed by atoms with van der Waals surface area (Å²) in [6, 6.07) is 1.09. The van der Waals surface area contributed by atoms with Crippen LogP contribution in [0.3, 0.4) is 0 Å². The number of fused-ring (bicyclic) bond motifs is 1. The highest BCUT2D eigenvalue weighted by atomic mass is 31.2. The summed E-state index contributed by atoms with van der Waals surface area (Å²) in [5, 5.41) is 10.7. The summed E-state index contributed by atoms with van der Waals surface area (Å²) >= 11 is 0. The van der Waals surface area contributed by atoms with E-state index in [0.29, 0.717) is 12.2 Å². The Hall–Kier alpha value is -1.41. The maximum atomic E-state index is 11.7. The predicted octanol–water partition coefficient (Wildman–Crippen LogP) is -2.10. The molecule has 2 rings (SSSR count). The molecule has 0 spiro atoms. The van der Waals surface area contributed by atoms with E-state index >= 15 is 0 Å². The van der Waals surface area contributed by atoms with Crippen molar-refractivity contribution in [2.75, 3.05) is 0 Å². The van der Waals surface area contributed by atoms with Crippen molar-refractivity contribution in [2.45, 2.75) is 18.4 Å². The van der Waals surface area contributed by atoms with Crippen molar-refractivity contribution in [1.82, 2.24) is 0 Å². The third kappa shape index (κ3) is 2.34. The molecule has 1 aliphatic rings. The molecule has 0 aromatic carbocycles. The zero-order valence-corrected chi connectivity index (χ0v) is 13.0. The van der Waals surface area contributed by atoms with Gasteiger partial charge in [0.15, 0.2) is 18.7 Å². The number of aryl methyl sites for hydroxylation is 1. The summed E-state index contributed by atoms with van der Waals surface area (Å²) in [5.74, 6) is 0. The molecule has 0 fully saturated rings. The van der Waals surface area contributed by atoms with Crippen LogP contribution in [0.5, 0.6) is 0 Å². The van der Waals surface area contributed by atoms with Gasteiger partial charge in [0.1, 0.15) is 11.8 Å². The fourth-order valence-corrected chi connectivity index (χ4v) is 4.79. The van der Waals surface area contributed by atoms with Crippen molar-refractivity contribution < 1.29 is 38.2 Å². The first-order valence-corrected chi connectivity index (χ1v) is 9.16. The highest BCUT2D eigenvalue weighted by molar-refractivity contribution is 7.73. The van der Waals surface area contributed by atoms with Crippen LogP contribution in [0.1, 0.15) is 6.92 Å². The molecule has 2 atom stereocenters. The SMILES string of the molecule is CC[n+]1ccc([N+](=O)[O-])c2c1=CC(P(=O)([O-])O)(P(=O)(O)O)C=2. The number of hydrogen-bond acceptors (Lipinski definition) is 5. The van der Waals surface area contributed by atoms with Crippen molar-refractivity contribution >= 4 is 33.0 Å². The van der Waals surface area contributed by atoms with Gasteiger partial charge in [-0.25, -0.2) is 0 Å². The Kier molecular flexibility index (Phi) is 3.90. The Morgan fingerprint density at radius 1 is 1.32 bits per heavy atom. The van der Waals surface area contributed by atoms with Gasteiger partial charge >= 0.3 is 7.60 Å². The molecule has 10 nitrogen and oxygen atoms in total. The zero-order chi connectivity index (χ0) is 16.9. The first-order chi connectivity index (χ1) is 9.94. The van der Waals surface area contributed by atoms with Crippen LogP contribution in [0.15, 0.2) is 12.3 Å². The standard InChI is InChI=1S/C10H12N2O8P2/c1-2-11-4-3-8(12(13)14)7-5-10(6-9(7)11,21(15,16)17)22(18,19)20/h3-6H,2H2,1H3,(H3-,15,16,17,18,19,20). The normalized spacial score (nSPS) is 23.1. The van der Waals surface area contributed by atoms with Crippen LogP contribution in [0, 0.1) is 10.1 Å². The van der Waals surface area contributed by atoms with Crippen molar-refractivity contribution in [2.24, 2.45) is 0 Å². The molecule has 12 heteroatoms. The second kappa shape index (κ2) is 5.06. The van der Waals surface area contributed by atoms with Crippen molar-refractivity contribution in [3.05, 3.63) is 32.9 Å². The fraction of sp³-hybridized carbons (Fsp3) is 0.300. The maximum absolute atomic E-state index is 11.7. The van der Waals surface area contributed by atoms with Gasteiger partial charge in [0.2, 0.25) is 5.35 Å². The molecule has 1 aliphatic carbocycles. The zero-order valence-electron chi connectivity index (χ0n) is 11.2. The van der Waals surface area contributed by atoms with Crippen LogP contribution in [0.25, 0.3) is 12.2 Å². The van der Waals surface area contributed by atoms with E-state index in [9.17, 15) is 38.8 Å². The molecule has 1 aromatic heterocycles. The number of rotatable bonds is 4. The number of nitro groups is 1. The lowest BCUT2D eigenvalue weighted by Gasteiger charge is -2.34. The lowest BCUT2D eigenvalue weighted by molar-refractivity contribution is -0.707. The second-order valence-electron chi connectivity index (χ2n) is 4.68. The van der Waals surface area contributed by atoms with E-state index in [4.69, 9.17) is 0 Å². The van der Waals surface area contributed by atoms with Crippen LogP contribution in [0.4, 0.5) is 5.69 Å². The predicted molar refractivity (Wildman–Crippen MR) is 71.7 cm³/mol. The largest absolute Gasteiger partial charge is 0.777 e. The first-order valence-electron chi connectivity index (χ1n) is 5.97. The summed E-state index contributed by atoms with van der Waals surface area (Å²) in [5.41, 5.74) is -0.514. The fourth-order valence-electron chi connectivity index (χ4n) is 2.31. The molecule has 0 amide bonds. The summed E-state index contributed by atoms with van der Waals surface area (Å²) < 4.78 is 24.7. The monoisotopic (exact) mass is 350 g/mol. The van der Waals surface area contributed by atoms with Gasteiger partial charge in [0.05, 0.1) is 11.0 Å². The summed E-state index contributed by atoms with van der Waals surface area (Å²) in [6.07, 6.45) is 2.50. The van der Waals surface area contributed by atoms with E-state index in [1.54, 1.807) is 6.92 Å². The Bertz CT molecular complexity index is 846. The number of pyridine rings is 1. The molecule has 22 heavy (non-hydrogen) atoms. The smallest absolute Gasteiger partial charge is 0.348 e.